The van der Waals surface area contributed by atoms with Crippen LogP contribution in [0.15, 0.2) is 78.9 Å². The highest BCUT2D eigenvalue weighted by Gasteiger charge is 2.52. The second-order valence-electron chi connectivity index (χ2n) is 10.6. The molecule has 202 valence electrons. The number of esters is 1. The molecule has 1 unspecified atom stereocenters. The Hall–Kier alpha value is -4.13. The first kappa shape index (κ1) is 26.5. The topological polar surface area (TPSA) is 84.9 Å². The van der Waals surface area contributed by atoms with Crippen LogP contribution in [0.3, 0.4) is 0 Å². The fourth-order valence-corrected chi connectivity index (χ4v) is 5.98. The van der Waals surface area contributed by atoms with Crippen LogP contribution in [-0.2, 0) is 19.1 Å². The van der Waals surface area contributed by atoms with E-state index in [-0.39, 0.29) is 36.9 Å². The number of carbonyl (C=O) groups excluding carboxylic acids is 3. The molecule has 1 N–H and O–H groups in total. The lowest BCUT2D eigenvalue weighted by Crippen LogP contribution is -2.63. The molecule has 7 heteroatoms. The van der Waals surface area contributed by atoms with Gasteiger partial charge in [-0.2, -0.15) is 0 Å². The van der Waals surface area contributed by atoms with Crippen molar-refractivity contribution < 1.29 is 23.9 Å². The Bertz CT molecular complexity index is 1310. The molecule has 1 aliphatic heterocycles. The summed E-state index contributed by atoms with van der Waals surface area (Å²) in [7, 11) is 1.31. The first-order valence-corrected chi connectivity index (χ1v) is 13.4. The van der Waals surface area contributed by atoms with E-state index in [4.69, 9.17) is 9.47 Å². The van der Waals surface area contributed by atoms with Gasteiger partial charge in [-0.05, 0) is 40.2 Å². The van der Waals surface area contributed by atoms with Gasteiger partial charge in [0.25, 0.3) is 0 Å². The predicted molar refractivity (Wildman–Crippen MR) is 148 cm³/mol. The number of benzene rings is 3. The summed E-state index contributed by atoms with van der Waals surface area (Å²) in [6.45, 7) is 4.17. The number of β-lactam (4-membered cyclic amide) rings is 1. The van der Waals surface area contributed by atoms with Crippen molar-refractivity contribution in [1.82, 2.24) is 10.2 Å². The van der Waals surface area contributed by atoms with E-state index in [1.54, 1.807) is 0 Å². The van der Waals surface area contributed by atoms with Crippen molar-refractivity contribution in [3.63, 3.8) is 0 Å². The molecule has 5 rings (SSSR count). The largest absolute Gasteiger partial charge is 0.468 e. The molecule has 2 amide bonds. The van der Waals surface area contributed by atoms with Crippen LogP contribution in [0.25, 0.3) is 11.1 Å². The average Bonchev–Trinajstić information content (AvgIpc) is 3.26. The Balaban J connectivity index is 1.33. The lowest BCUT2D eigenvalue weighted by atomic mass is 9.75. The molecule has 1 heterocycles. The number of likely N-dealkylation sites (tertiary alicyclic amines) is 1. The molecule has 3 aromatic carbocycles. The van der Waals surface area contributed by atoms with Crippen molar-refractivity contribution in [3.05, 3.63) is 95.6 Å². The summed E-state index contributed by atoms with van der Waals surface area (Å²) in [4.78, 5) is 40.1. The van der Waals surface area contributed by atoms with Gasteiger partial charge in [0.15, 0.2) is 0 Å². The fraction of sp³-hybridized carbons (Fsp3) is 0.344. The summed E-state index contributed by atoms with van der Waals surface area (Å²) in [6.07, 6.45) is 0.0456. The number of nitrogens with one attached hydrogen (secondary N) is 1. The maximum Gasteiger partial charge on any atom is 0.407 e. The van der Waals surface area contributed by atoms with Crippen LogP contribution in [0.5, 0.6) is 0 Å². The van der Waals surface area contributed by atoms with Crippen molar-refractivity contribution in [2.75, 3.05) is 20.3 Å². The lowest BCUT2D eigenvalue weighted by molar-refractivity contribution is -0.166. The van der Waals surface area contributed by atoms with Crippen molar-refractivity contribution in [3.8, 4) is 11.1 Å². The number of hydrogen-bond donors (Lipinski definition) is 1. The Morgan fingerprint density at radius 3 is 2.08 bits per heavy atom. The number of rotatable bonds is 9. The van der Waals surface area contributed by atoms with Gasteiger partial charge in [0.2, 0.25) is 5.91 Å². The van der Waals surface area contributed by atoms with Gasteiger partial charge < -0.3 is 19.7 Å². The lowest BCUT2D eigenvalue weighted by Gasteiger charge is -2.50. The monoisotopic (exact) mass is 526 g/mol. The smallest absolute Gasteiger partial charge is 0.407 e. The summed E-state index contributed by atoms with van der Waals surface area (Å²) in [5, 5.41) is 3.02. The molecule has 0 spiro atoms. The summed E-state index contributed by atoms with van der Waals surface area (Å²) < 4.78 is 10.6. The maximum atomic E-state index is 13.4. The zero-order valence-corrected chi connectivity index (χ0v) is 22.5. The normalized spacial score (nSPS) is 18.7. The van der Waals surface area contributed by atoms with Crippen molar-refractivity contribution in [2.45, 2.75) is 38.3 Å². The SMILES string of the molecule is COC(=O)CN1C(=O)[C@H](C(CC(C)C)NC(=O)OCC2c3ccccc3-c3ccccc32)[C@H]1c1ccccc1. The van der Waals surface area contributed by atoms with E-state index in [0.717, 1.165) is 27.8 Å². The quantitative estimate of drug-likeness (QED) is 0.302. The molecule has 1 saturated heterocycles. The van der Waals surface area contributed by atoms with Gasteiger partial charge >= 0.3 is 12.1 Å². The van der Waals surface area contributed by atoms with Gasteiger partial charge in [-0.15, -0.1) is 0 Å². The molecule has 7 nitrogen and oxygen atoms in total. The molecular weight excluding hydrogens is 492 g/mol. The zero-order valence-electron chi connectivity index (χ0n) is 22.5. The molecule has 3 atom stereocenters. The van der Waals surface area contributed by atoms with Crippen LogP contribution in [-0.4, -0.2) is 49.2 Å². The minimum absolute atomic E-state index is 0.0513. The van der Waals surface area contributed by atoms with Gasteiger partial charge in [0, 0.05) is 12.0 Å². The first-order valence-electron chi connectivity index (χ1n) is 13.4. The summed E-state index contributed by atoms with van der Waals surface area (Å²) in [6, 6.07) is 25.2. The third-order valence-electron chi connectivity index (χ3n) is 7.72. The number of ether oxygens (including phenoxy) is 2. The summed E-state index contributed by atoms with van der Waals surface area (Å²) in [5.74, 6) is -1.00. The molecular formula is C32H34N2O5. The van der Waals surface area contributed by atoms with Crippen molar-refractivity contribution >= 4 is 18.0 Å². The maximum absolute atomic E-state index is 13.4. The van der Waals surface area contributed by atoms with Crippen molar-refractivity contribution in [1.29, 1.82) is 0 Å². The van der Waals surface area contributed by atoms with Crippen molar-refractivity contribution in [2.24, 2.45) is 11.8 Å². The Morgan fingerprint density at radius 2 is 1.49 bits per heavy atom. The van der Waals surface area contributed by atoms with Crippen LogP contribution in [0.1, 0.15) is 48.9 Å². The molecule has 3 aromatic rings. The van der Waals surface area contributed by atoms with Gasteiger partial charge in [-0.25, -0.2) is 4.79 Å². The minimum atomic E-state index is -0.548. The second kappa shape index (κ2) is 11.3. The summed E-state index contributed by atoms with van der Waals surface area (Å²) >= 11 is 0. The van der Waals surface area contributed by atoms with Gasteiger partial charge in [-0.1, -0.05) is 92.7 Å². The average molecular weight is 527 g/mol. The number of carbonyl (C=O) groups is 3. The van der Waals surface area contributed by atoms with Crippen LogP contribution in [0.4, 0.5) is 4.79 Å². The zero-order chi connectivity index (χ0) is 27.5. The molecule has 0 aromatic heterocycles. The van der Waals surface area contributed by atoms with Crippen LogP contribution < -0.4 is 5.32 Å². The first-order chi connectivity index (χ1) is 18.9. The standard InChI is InChI=1S/C32H34N2O5/c1-20(2)17-27(29-30(21-11-5-4-6-12-21)34(31(29)36)18-28(35)38-3)33-32(37)39-19-26-24-15-9-7-13-22(24)23-14-8-10-16-25(23)26/h4-16,20,26-27,29-30H,17-19H2,1-3H3,(H,33,37)/t27?,29-,30-/m1/s1. The van der Waals surface area contributed by atoms with Crippen LogP contribution in [0.2, 0.25) is 0 Å². The second-order valence-corrected chi connectivity index (χ2v) is 10.6. The number of methoxy groups -OCH3 is 1. The fourth-order valence-electron chi connectivity index (χ4n) is 5.98. The van der Waals surface area contributed by atoms with E-state index in [0.29, 0.717) is 6.42 Å². The molecule has 0 radical (unpaired) electrons. The highest BCUT2D eigenvalue weighted by Crippen LogP contribution is 2.45. The van der Waals surface area contributed by atoms with Crippen LogP contribution >= 0.6 is 0 Å². The van der Waals surface area contributed by atoms with E-state index in [1.165, 1.54) is 12.0 Å². The van der Waals surface area contributed by atoms with E-state index in [2.05, 4.69) is 43.4 Å². The molecule has 1 aliphatic carbocycles. The van der Waals surface area contributed by atoms with E-state index in [1.807, 2.05) is 54.6 Å². The highest BCUT2D eigenvalue weighted by molar-refractivity contribution is 5.91. The highest BCUT2D eigenvalue weighted by atomic mass is 16.5. The van der Waals surface area contributed by atoms with Gasteiger partial charge in [0.05, 0.1) is 19.1 Å². The Morgan fingerprint density at radius 1 is 0.897 bits per heavy atom. The number of hydrogen-bond acceptors (Lipinski definition) is 5. The van der Waals surface area contributed by atoms with Gasteiger partial charge in [0.1, 0.15) is 13.2 Å². The number of alkyl carbamates (subject to hydrolysis) is 1. The molecule has 0 saturated carbocycles. The van der Waals surface area contributed by atoms with E-state index in [9.17, 15) is 14.4 Å². The molecule has 39 heavy (non-hydrogen) atoms. The van der Waals surface area contributed by atoms with E-state index < -0.39 is 24.0 Å². The molecule has 2 aliphatic rings. The molecule has 0 bridgehead atoms. The summed E-state index contributed by atoms with van der Waals surface area (Å²) in [5.41, 5.74) is 5.52. The number of amides is 2. The predicted octanol–water partition coefficient (Wildman–Crippen LogP) is 5.31. The Kier molecular flexibility index (Phi) is 7.68. The Labute approximate surface area is 229 Å². The third kappa shape index (κ3) is 5.26. The molecule has 1 fully saturated rings. The number of nitrogens with zero attached hydrogens (tertiary/aromatic N) is 1. The third-order valence-corrected chi connectivity index (χ3v) is 7.72. The van der Waals surface area contributed by atoms with Gasteiger partial charge in [-0.3, -0.25) is 9.59 Å². The number of fused-ring (bicyclic) bond motifs is 3. The van der Waals surface area contributed by atoms with Crippen LogP contribution in [0, 0.1) is 11.8 Å². The minimum Gasteiger partial charge on any atom is -0.468 e. The van der Waals surface area contributed by atoms with E-state index >= 15 is 0 Å².